The first-order chi connectivity index (χ1) is 14.3. The summed E-state index contributed by atoms with van der Waals surface area (Å²) in [7, 11) is 0. The summed E-state index contributed by atoms with van der Waals surface area (Å²) in [6.45, 7) is 5.09. The molecule has 0 heterocycles. The highest BCUT2D eigenvalue weighted by Gasteiger charge is 2.30. The monoisotopic (exact) mass is 406 g/mol. The quantitative estimate of drug-likeness (QED) is 0.569. The summed E-state index contributed by atoms with van der Waals surface area (Å²) in [5, 5.41) is 0. The van der Waals surface area contributed by atoms with Gasteiger partial charge in [-0.2, -0.15) is 0 Å². The van der Waals surface area contributed by atoms with Crippen molar-refractivity contribution in [1.82, 2.24) is 0 Å². The van der Waals surface area contributed by atoms with Crippen LogP contribution in [0, 0.1) is 5.82 Å². The molecule has 0 bridgehead atoms. The van der Waals surface area contributed by atoms with Gasteiger partial charge in [0.15, 0.2) is 11.2 Å². The molecule has 0 N–H and O–H groups in total. The van der Waals surface area contributed by atoms with Crippen molar-refractivity contribution in [2.75, 3.05) is 0 Å². The standard InChI is InChI=1S/C26H24F2O2/c1-4-16-5-8-18(11-23(16)28)26-14(2)25-19(9-10-22(26)27)12-24(30)20(15(3)29)13-21(25)17-6-7-17/h5,8,10-13,17H,4,6-7,9H2,1-3H3. The predicted octanol–water partition coefficient (Wildman–Crippen LogP) is 6.17. The van der Waals surface area contributed by atoms with Crippen molar-refractivity contribution in [3.63, 3.8) is 0 Å². The van der Waals surface area contributed by atoms with Crippen LogP contribution in [0.3, 0.4) is 0 Å². The van der Waals surface area contributed by atoms with Crippen molar-refractivity contribution in [2.45, 2.75) is 52.4 Å². The second kappa shape index (κ2) is 7.75. The summed E-state index contributed by atoms with van der Waals surface area (Å²) < 4.78 is 29.7. The van der Waals surface area contributed by atoms with E-state index < -0.39 is 5.83 Å². The van der Waals surface area contributed by atoms with Crippen LogP contribution in [0.2, 0.25) is 0 Å². The van der Waals surface area contributed by atoms with E-state index in [0.29, 0.717) is 34.3 Å². The number of benzene rings is 1. The van der Waals surface area contributed by atoms with Crippen LogP contribution in [0.1, 0.15) is 77.7 Å². The molecule has 2 aromatic carbocycles. The number of aryl methyl sites for hydroxylation is 1. The molecular weight excluding hydrogens is 382 g/mol. The zero-order chi connectivity index (χ0) is 21.6. The molecule has 0 radical (unpaired) electrons. The fourth-order valence-electron chi connectivity index (χ4n) is 4.35. The Kier molecular flexibility index (Phi) is 5.27. The van der Waals surface area contributed by atoms with E-state index in [2.05, 4.69) is 0 Å². The molecule has 0 aliphatic heterocycles. The van der Waals surface area contributed by atoms with Crippen molar-refractivity contribution in [2.24, 2.45) is 0 Å². The van der Waals surface area contributed by atoms with Gasteiger partial charge in [-0.15, -0.1) is 0 Å². The molecule has 0 unspecified atom stereocenters. The third-order valence-corrected chi connectivity index (χ3v) is 6.09. The van der Waals surface area contributed by atoms with Crippen molar-refractivity contribution < 1.29 is 13.6 Å². The third kappa shape index (κ3) is 3.55. The highest BCUT2D eigenvalue weighted by Crippen LogP contribution is 2.47. The molecule has 154 valence electrons. The maximum absolute atomic E-state index is 15.2. The SMILES string of the molecule is CCc1ccc(C2=C(C)c3c(cc(=O)c(C(C)=O)cc3C3CC3)CC=C2F)cc1F. The molecule has 0 spiro atoms. The Bertz CT molecular complexity index is 1180. The minimum Gasteiger partial charge on any atom is -0.294 e. The van der Waals surface area contributed by atoms with Gasteiger partial charge < -0.3 is 0 Å². The second-order valence-corrected chi connectivity index (χ2v) is 8.17. The minimum absolute atomic E-state index is 0.169. The molecule has 4 rings (SSSR count). The Morgan fingerprint density at radius 3 is 2.47 bits per heavy atom. The van der Waals surface area contributed by atoms with E-state index in [1.54, 1.807) is 18.2 Å². The van der Waals surface area contributed by atoms with Gasteiger partial charge in [0.05, 0.1) is 5.56 Å². The molecule has 2 nitrogen and oxygen atoms in total. The summed E-state index contributed by atoms with van der Waals surface area (Å²) in [5.41, 5.74) is 4.36. The Morgan fingerprint density at radius 1 is 1.13 bits per heavy atom. The highest BCUT2D eigenvalue weighted by molar-refractivity contribution is 5.99. The van der Waals surface area contributed by atoms with Crippen molar-refractivity contribution in [1.29, 1.82) is 0 Å². The summed E-state index contributed by atoms with van der Waals surface area (Å²) in [6, 6.07) is 8.00. The largest absolute Gasteiger partial charge is 0.294 e. The Morgan fingerprint density at radius 2 is 1.87 bits per heavy atom. The van der Waals surface area contributed by atoms with Gasteiger partial charge in [0.2, 0.25) is 0 Å². The van der Waals surface area contributed by atoms with Crippen LogP contribution in [-0.2, 0) is 12.8 Å². The van der Waals surface area contributed by atoms with Gasteiger partial charge in [-0.1, -0.05) is 19.1 Å². The van der Waals surface area contributed by atoms with E-state index in [4.69, 9.17) is 0 Å². The third-order valence-electron chi connectivity index (χ3n) is 6.09. The maximum Gasteiger partial charge on any atom is 0.189 e. The second-order valence-electron chi connectivity index (χ2n) is 8.17. The number of fused-ring (bicyclic) bond motifs is 1. The molecular formula is C26H24F2O2. The summed E-state index contributed by atoms with van der Waals surface area (Å²) in [5.74, 6) is -0.793. The molecule has 2 aliphatic carbocycles. The average Bonchev–Trinajstić information content (AvgIpc) is 3.53. The van der Waals surface area contributed by atoms with E-state index in [1.807, 2.05) is 13.8 Å². The number of ketones is 1. The predicted molar refractivity (Wildman–Crippen MR) is 116 cm³/mol. The molecule has 2 aromatic rings. The lowest BCUT2D eigenvalue weighted by atomic mass is 9.90. The molecule has 0 amide bonds. The van der Waals surface area contributed by atoms with E-state index >= 15 is 4.39 Å². The van der Waals surface area contributed by atoms with Crippen LogP contribution >= 0.6 is 0 Å². The van der Waals surface area contributed by atoms with Gasteiger partial charge in [-0.05, 0) is 103 Å². The molecule has 0 saturated heterocycles. The van der Waals surface area contributed by atoms with Gasteiger partial charge in [-0.3, -0.25) is 9.59 Å². The van der Waals surface area contributed by atoms with Crippen LogP contribution in [0.4, 0.5) is 8.78 Å². The number of Topliss-reactive ketones (excluding diaryl/α,β-unsaturated/α-hetero) is 1. The van der Waals surface area contributed by atoms with Gasteiger partial charge in [0, 0.05) is 5.57 Å². The van der Waals surface area contributed by atoms with Crippen LogP contribution < -0.4 is 5.43 Å². The number of hydrogen-bond donors (Lipinski definition) is 0. The Balaban J connectivity index is 2.04. The van der Waals surface area contributed by atoms with Crippen LogP contribution in [0.15, 0.2) is 47.0 Å². The Labute approximate surface area is 175 Å². The summed E-state index contributed by atoms with van der Waals surface area (Å²) >= 11 is 0. The fraction of sp³-hybridized carbons (Fsp3) is 0.308. The highest BCUT2D eigenvalue weighted by atomic mass is 19.1. The minimum atomic E-state index is -0.420. The normalized spacial score (nSPS) is 16.1. The number of carbonyl (C=O) groups excluding carboxylic acids is 1. The first-order valence-corrected chi connectivity index (χ1v) is 10.4. The van der Waals surface area contributed by atoms with Gasteiger partial charge in [0.25, 0.3) is 0 Å². The lowest BCUT2D eigenvalue weighted by molar-refractivity contribution is 0.101. The van der Waals surface area contributed by atoms with Gasteiger partial charge in [0.1, 0.15) is 11.6 Å². The maximum atomic E-state index is 15.2. The lowest BCUT2D eigenvalue weighted by Gasteiger charge is -2.15. The van der Waals surface area contributed by atoms with E-state index in [1.165, 1.54) is 25.1 Å². The lowest BCUT2D eigenvalue weighted by Crippen LogP contribution is -2.09. The first kappa shape index (κ1) is 20.4. The molecule has 0 atom stereocenters. The molecule has 2 aliphatic rings. The first-order valence-electron chi connectivity index (χ1n) is 10.4. The van der Waals surface area contributed by atoms with Crippen molar-refractivity contribution in [3.8, 4) is 0 Å². The summed E-state index contributed by atoms with van der Waals surface area (Å²) in [4.78, 5) is 24.8. The van der Waals surface area contributed by atoms with E-state index in [-0.39, 0.29) is 34.9 Å². The zero-order valence-electron chi connectivity index (χ0n) is 17.4. The van der Waals surface area contributed by atoms with Crippen LogP contribution in [0.25, 0.3) is 11.1 Å². The number of halogens is 2. The smallest absolute Gasteiger partial charge is 0.189 e. The number of allylic oxidation sites excluding steroid dienone is 4. The van der Waals surface area contributed by atoms with Crippen LogP contribution in [-0.4, -0.2) is 5.78 Å². The zero-order valence-corrected chi connectivity index (χ0v) is 17.4. The number of hydrogen-bond acceptors (Lipinski definition) is 2. The molecule has 30 heavy (non-hydrogen) atoms. The molecule has 1 fully saturated rings. The Hall–Kier alpha value is -2.88. The van der Waals surface area contributed by atoms with Gasteiger partial charge in [-0.25, -0.2) is 8.78 Å². The topological polar surface area (TPSA) is 34.1 Å². The van der Waals surface area contributed by atoms with E-state index in [9.17, 15) is 14.0 Å². The molecule has 0 aromatic heterocycles. The number of carbonyl (C=O) groups is 1. The van der Waals surface area contributed by atoms with Crippen LogP contribution in [0.5, 0.6) is 0 Å². The molecule has 1 saturated carbocycles. The summed E-state index contributed by atoms with van der Waals surface area (Å²) in [6.07, 6.45) is 4.20. The van der Waals surface area contributed by atoms with E-state index in [0.717, 1.165) is 24.0 Å². The van der Waals surface area contributed by atoms with Crippen molar-refractivity contribution in [3.05, 3.63) is 91.7 Å². The average molecular weight is 406 g/mol. The van der Waals surface area contributed by atoms with Crippen molar-refractivity contribution >= 4 is 16.9 Å². The van der Waals surface area contributed by atoms with Gasteiger partial charge >= 0.3 is 0 Å². The molecule has 4 heteroatoms. The fourth-order valence-corrected chi connectivity index (χ4v) is 4.35. The number of rotatable bonds is 4.